The third kappa shape index (κ3) is 2.60. The number of piperazine rings is 1. The minimum atomic E-state index is 0.330. The molecule has 0 aromatic heterocycles. The number of rotatable bonds is 2. The molecule has 118 valence electrons. The topological polar surface area (TPSA) is 23.6 Å². The van der Waals surface area contributed by atoms with Crippen LogP contribution in [-0.4, -0.2) is 37.0 Å². The first-order chi connectivity index (χ1) is 10.7. The summed E-state index contributed by atoms with van der Waals surface area (Å²) >= 11 is 6.07. The summed E-state index contributed by atoms with van der Waals surface area (Å²) in [5.41, 5.74) is 1.17. The Bertz CT molecular complexity index is 568. The van der Waals surface area contributed by atoms with Crippen LogP contribution in [0.25, 0.3) is 0 Å². The van der Waals surface area contributed by atoms with Crippen LogP contribution in [-0.2, 0) is 4.79 Å². The third-order valence-electron chi connectivity index (χ3n) is 5.82. The van der Waals surface area contributed by atoms with E-state index in [-0.39, 0.29) is 0 Å². The number of carbonyl (C=O) groups excluding carboxylic acids is 1. The zero-order valence-corrected chi connectivity index (χ0v) is 13.6. The van der Waals surface area contributed by atoms with Crippen molar-refractivity contribution in [3.8, 4) is 0 Å². The fourth-order valence-electron chi connectivity index (χ4n) is 4.64. The fraction of sp³-hybridized carbons (Fsp3) is 0.611. The maximum Gasteiger partial charge on any atom is 0.226 e. The van der Waals surface area contributed by atoms with E-state index in [1.807, 2.05) is 18.2 Å². The van der Waals surface area contributed by atoms with Crippen LogP contribution >= 0.6 is 11.6 Å². The van der Waals surface area contributed by atoms with Gasteiger partial charge < -0.3 is 9.80 Å². The Morgan fingerprint density at radius 3 is 2.55 bits per heavy atom. The van der Waals surface area contributed by atoms with Crippen LogP contribution in [0.3, 0.4) is 0 Å². The van der Waals surface area contributed by atoms with Gasteiger partial charge in [0.15, 0.2) is 0 Å². The van der Waals surface area contributed by atoms with Gasteiger partial charge in [-0.25, -0.2) is 0 Å². The SMILES string of the molecule is O=C([C@@H]1C[C@H]2CC[C@@H]1C2)N1CCN(c2cccc(Cl)c2)CC1. The average Bonchev–Trinajstić information content (AvgIpc) is 3.17. The molecule has 2 saturated carbocycles. The normalized spacial score (nSPS) is 30.9. The monoisotopic (exact) mass is 318 g/mol. The maximum absolute atomic E-state index is 12.8. The summed E-state index contributed by atoms with van der Waals surface area (Å²) in [6.07, 6.45) is 5.09. The molecule has 3 fully saturated rings. The number of amides is 1. The molecule has 1 aliphatic heterocycles. The molecule has 22 heavy (non-hydrogen) atoms. The van der Waals surface area contributed by atoms with Gasteiger partial charge in [0.25, 0.3) is 0 Å². The number of anilines is 1. The molecule has 2 aliphatic carbocycles. The minimum absolute atomic E-state index is 0.330. The highest BCUT2D eigenvalue weighted by molar-refractivity contribution is 6.30. The summed E-state index contributed by atoms with van der Waals surface area (Å²) in [6, 6.07) is 8.00. The number of nitrogens with zero attached hydrogens (tertiary/aromatic N) is 2. The number of benzene rings is 1. The zero-order chi connectivity index (χ0) is 15.1. The molecule has 3 atom stereocenters. The van der Waals surface area contributed by atoms with Crippen LogP contribution < -0.4 is 4.90 Å². The lowest BCUT2D eigenvalue weighted by molar-refractivity contribution is -0.137. The van der Waals surface area contributed by atoms with Gasteiger partial charge in [-0.3, -0.25) is 4.79 Å². The standard InChI is InChI=1S/C18H23ClN2O/c19-15-2-1-3-16(12-15)20-6-8-21(9-7-20)18(22)17-11-13-4-5-14(17)10-13/h1-3,12-14,17H,4-11H2/t13-,14+,17+/m0/s1. The molecule has 1 saturated heterocycles. The van der Waals surface area contributed by atoms with Crippen molar-refractivity contribution in [1.82, 2.24) is 4.90 Å². The zero-order valence-electron chi connectivity index (χ0n) is 12.9. The molecule has 0 unspecified atom stereocenters. The molecular weight excluding hydrogens is 296 g/mol. The fourth-order valence-corrected chi connectivity index (χ4v) is 4.82. The summed E-state index contributed by atoms with van der Waals surface area (Å²) < 4.78 is 0. The van der Waals surface area contributed by atoms with E-state index in [0.717, 1.165) is 43.5 Å². The average molecular weight is 319 g/mol. The van der Waals surface area contributed by atoms with Gasteiger partial charge in [-0.2, -0.15) is 0 Å². The molecule has 1 heterocycles. The highest BCUT2D eigenvalue weighted by atomic mass is 35.5. The molecule has 3 aliphatic rings. The Morgan fingerprint density at radius 1 is 1.09 bits per heavy atom. The van der Waals surface area contributed by atoms with Crippen molar-refractivity contribution in [2.75, 3.05) is 31.1 Å². The summed E-state index contributed by atoms with van der Waals surface area (Å²) in [6.45, 7) is 3.51. The van der Waals surface area contributed by atoms with Gasteiger partial charge in [0, 0.05) is 42.8 Å². The third-order valence-corrected chi connectivity index (χ3v) is 6.06. The van der Waals surface area contributed by atoms with E-state index in [1.54, 1.807) is 0 Å². The van der Waals surface area contributed by atoms with Crippen molar-refractivity contribution >= 4 is 23.2 Å². The number of halogens is 1. The molecule has 4 heteroatoms. The first kappa shape index (κ1) is 14.4. The van der Waals surface area contributed by atoms with E-state index in [9.17, 15) is 4.79 Å². The largest absolute Gasteiger partial charge is 0.368 e. The Hall–Kier alpha value is -1.22. The van der Waals surface area contributed by atoms with E-state index < -0.39 is 0 Å². The predicted molar refractivity (Wildman–Crippen MR) is 89.2 cm³/mol. The second-order valence-corrected chi connectivity index (χ2v) is 7.51. The smallest absolute Gasteiger partial charge is 0.226 e. The van der Waals surface area contributed by atoms with Crippen molar-refractivity contribution in [2.24, 2.45) is 17.8 Å². The molecular formula is C18H23ClN2O. The summed E-state index contributed by atoms with van der Waals surface area (Å²) in [5.74, 6) is 2.28. The molecule has 0 N–H and O–H groups in total. The Balaban J connectivity index is 1.36. The molecule has 1 aromatic rings. The van der Waals surface area contributed by atoms with Gasteiger partial charge >= 0.3 is 0 Å². The van der Waals surface area contributed by atoms with Gasteiger partial charge in [-0.15, -0.1) is 0 Å². The van der Waals surface area contributed by atoms with Crippen LogP contribution in [0.2, 0.25) is 5.02 Å². The quantitative estimate of drug-likeness (QED) is 0.834. The van der Waals surface area contributed by atoms with Crippen LogP contribution in [0.4, 0.5) is 5.69 Å². The van der Waals surface area contributed by atoms with Gasteiger partial charge in [0.1, 0.15) is 0 Å². The number of hydrogen-bond donors (Lipinski definition) is 0. The lowest BCUT2D eigenvalue weighted by Gasteiger charge is -2.38. The van der Waals surface area contributed by atoms with Crippen LogP contribution in [0.15, 0.2) is 24.3 Å². The maximum atomic E-state index is 12.8. The molecule has 3 nitrogen and oxygen atoms in total. The van der Waals surface area contributed by atoms with Crippen molar-refractivity contribution in [3.05, 3.63) is 29.3 Å². The second kappa shape index (κ2) is 5.77. The molecule has 0 radical (unpaired) electrons. The molecule has 1 aromatic carbocycles. The van der Waals surface area contributed by atoms with Crippen LogP contribution in [0.1, 0.15) is 25.7 Å². The Labute approximate surface area is 137 Å². The van der Waals surface area contributed by atoms with Gasteiger partial charge in [-0.1, -0.05) is 24.1 Å². The molecule has 0 spiro atoms. The van der Waals surface area contributed by atoms with Crippen molar-refractivity contribution < 1.29 is 4.79 Å². The molecule has 4 rings (SSSR count). The lowest BCUT2D eigenvalue weighted by Crippen LogP contribution is -2.51. The number of hydrogen-bond acceptors (Lipinski definition) is 2. The Morgan fingerprint density at radius 2 is 1.91 bits per heavy atom. The van der Waals surface area contributed by atoms with Crippen LogP contribution in [0, 0.1) is 17.8 Å². The molecule has 2 bridgehead atoms. The van der Waals surface area contributed by atoms with Crippen molar-refractivity contribution in [2.45, 2.75) is 25.7 Å². The first-order valence-corrected chi connectivity index (χ1v) is 8.88. The number of carbonyl (C=O) groups is 1. The Kier molecular flexibility index (Phi) is 3.77. The highest BCUT2D eigenvalue weighted by Crippen LogP contribution is 2.48. The predicted octanol–water partition coefficient (Wildman–Crippen LogP) is 3.42. The van der Waals surface area contributed by atoms with E-state index in [2.05, 4.69) is 15.9 Å². The van der Waals surface area contributed by atoms with E-state index >= 15 is 0 Å². The molecule has 1 amide bonds. The summed E-state index contributed by atoms with van der Waals surface area (Å²) in [7, 11) is 0. The van der Waals surface area contributed by atoms with Gasteiger partial charge in [-0.05, 0) is 49.3 Å². The van der Waals surface area contributed by atoms with Crippen molar-refractivity contribution in [3.63, 3.8) is 0 Å². The van der Waals surface area contributed by atoms with E-state index in [1.165, 1.54) is 24.9 Å². The number of fused-ring (bicyclic) bond motifs is 2. The lowest BCUT2D eigenvalue weighted by atomic mass is 9.87. The van der Waals surface area contributed by atoms with E-state index in [0.29, 0.717) is 17.7 Å². The summed E-state index contributed by atoms with van der Waals surface area (Å²) in [4.78, 5) is 17.2. The van der Waals surface area contributed by atoms with Crippen LogP contribution in [0.5, 0.6) is 0 Å². The van der Waals surface area contributed by atoms with Crippen molar-refractivity contribution in [1.29, 1.82) is 0 Å². The minimum Gasteiger partial charge on any atom is -0.368 e. The van der Waals surface area contributed by atoms with Gasteiger partial charge in [0.2, 0.25) is 5.91 Å². The van der Waals surface area contributed by atoms with E-state index in [4.69, 9.17) is 11.6 Å². The highest BCUT2D eigenvalue weighted by Gasteiger charge is 2.44. The van der Waals surface area contributed by atoms with Gasteiger partial charge in [0.05, 0.1) is 0 Å². The first-order valence-electron chi connectivity index (χ1n) is 8.50. The second-order valence-electron chi connectivity index (χ2n) is 7.07. The summed E-state index contributed by atoms with van der Waals surface area (Å²) in [5, 5.41) is 0.776.